The molecular formula is C20H18ClNO3. The van der Waals surface area contributed by atoms with Gasteiger partial charge >= 0.3 is 0 Å². The van der Waals surface area contributed by atoms with Crippen LogP contribution in [-0.2, 0) is 0 Å². The van der Waals surface area contributed by atoms with Crippen LogP contribution in [0.3, 0.4) is 0 Å². The van der Waals surface area contributed by atoms with Crippen molar-refractivity contribution in [3.63, 3.8) is 0 Å². The van der Waals surface area contributed by atoms with E-state index in [9.17, 15) is 4.79 Å². The molecule has 1 heterocycles. The maximum Gasteiger partial charge on any atom is 0.199 e. The summed E-state index contributed by atoms with van der Waals surface area (Å²) < 4.78 is 12.9. The molecule has 3 aromatic rings. The van der Waals surface area contributed by atoms with Crippen molar-refractivity contribution < 1.29 is 14.3 Å². The number of nitrogens with zero attached hydrogens (tertiary/aromatic N) is 1. The molecule has 0 unspecified atom stereocenters. The minimum Gasteiger partial charge on any atom is -0.493 e. The van der Waals surface area contributed by atoms with Crippen LogP contribution >= 0.6 is 11.6 Å². The van der Waals surface area contributed by atoms with E-state index in [0.717, 1.165) is 5.69 Å². The quantitative estimate of drug-likeness (QED) is 0.598. The van der Waals surface area contributed by atoms with Crippen LogP contribution in [0, 0.1) is 0 Å². The van der Waals surface area contributed by atoms with Gasteiger partial charge < -0.3 is 14.0 Å². The Labute approximate surface area is 151 Å². The summed E-state index contributed by atoms with van der Waals surface area (Å²) in [7, 11) is 1.55. The van der Waals surface area contributed by atoms with Gasteiger partial charge in [0.15, 0.2) is 17.3 Å². The fourth-order valence-electron chi connectivity index (χ4n) is 2.70. The number of benzene rings is 2. The van der Waals surface area contributed by atoms with Crippen LogP contribution in [-0.4, -0.2) is 24.1 Å². The third-order valence-electron chi connectivity index (χ3n) is 3.82. The number of carbonyl (C=O) groups excluding carboxylic acids is 1. The molecule has 0 aliphatic carbocycles. The number of halogens is 1. The topological polar surface area (TPSA) is 40.5 Å². The van der Waals surface area contributed by atoms with Crippen LogP contribution in [0.5, 0.6) is 11.5 Å². The van der Waals surface area contributed by atoms with Gasteiger partial charge in [0.05, 0.1) is 25.0 Å². The molecule has 0 fully saturated rings. The largest absolute Gasteiger partial charge is 0.493 e. The summed E-state index contributed by atoms with van der Waals surface area (Å²) >= 11 is 6.15. The molecule has 0 atom stereocenters. The number of hydrogen-bond donors (Lipinski definition) is 0. The SMILES string of the molecule is CCOc1c(OC)cccc1C(=O)c1cc(Cl)ccc1-n1cccc1. The molecule has 0 amide bonds. The number of aromatic nitrogens is 1. The molecule has 5 heteroatoms. The van der Waals surface area contributed by atoms with E-state index < -0.39 is 0 Å². The monoisotopic (exact) mass is 355 g/mol. The Morgan fingerprint density at radius 2 is 1.84 bits per heavy atom. The molecule has 0 spiro atoms. The van der Waals surface area contributed by atoms with E-state index in [1.54, 1.807) is 37.4 Å². The summed E-state index contributed by atoms with van der Waals surface area (Å²) in [4.78, 5) is 13.3. The fourth-order valence-corrected chi connectivity index (χ4v) is 2.88. The summed E-state index contributed by atoms with van der Waals surface area (Å²) in [5.41, 5.74) is 1.69. The van der Waals surface area contributed by atoms with E-state index in [-0.39, 0.29) is 5.78 Å². The molecule has 0 saturated carbocycles. The predicted molar refractivity (Wildman–Crippen MR) is 98.4 cm³/mol. The number of ketones is 1. The average Bonchev–Trinajstić information content (AvgIpc) is 3.16. The van der Waals surface area contributed by atoms with Crippen molar-refractivity contribution >= 4 is 17.4 Å². The van der Waals surface area contributed by atoms with Crippen molar-refractivity contribution in [3.05, 3.63) is 77.1 Å². The second-order valence-corrected chi connectivity index (χ2v) is 5.79. The number of hydrogen-bond acceptors (Lipinski definition) is 3. The molecule has 128 valence electrons. The van der Waals surface area contributed by atoms with Gasteiger partial charge in [-0.3, -0.25) is 4.79 Å². The van der Waals surface area contributed by atoms with E-state index in [1.165, 1.54) is 0 Å². The predicted octanol–water partition coefficient (Wildman–Crippen LogP) is 4.77. The first-order valence-electron chi connectivity index (χ1n) is 7.93. The molecule has 2 aromatic carbocycles. The lowest BCUT2D eigenvalue weighted by Crippen LogP contribution is -2.10. The van der Waals surface area contributed by atoms with E-state index in [2.05, 4.69) is 0 Å². The Morgan fingerprint density at radius 1 is 1.08 bits per heavy atom. The van der Waals surface area contributed by atoms with E-state index >= 15 is 0 Å². The van der Waals surface area contributed by atoms with Gasteiger partial charge in [-0.2, -0.15) is 0 Å². The lowest BCUT2D eigenvalue weighted by molar-refractivity contribution is 0.103. The number of methoxy groups -OCH3 is 1. The van der Waals surface area contributed by atoms with Crippen LogP contribution in [0.2, 0.25) is 5.02 Å². The fraction of sp³-hybridized carbons (Fsp3) is 0.150. The average molecular weight is 356 g/mol. The van der Waals surface area contributed by atoms with Crippen LogP contribution in [0.15, 0.2) is 60.9 Å². The van der Waals surface area contributed by atoms with Crippen LogP contribution in [0.4, 0.5) is 0 Å². The number of ether oxygens (including phenoxy) is 2. The molecule has 0 radical (unpaired) electrons. The molecule has 3 rings (SSSR count). The Balaban J connectivity index is 2.15. The zero-order chi connectivity index (χ0) is 17.8. The third kappa shape index (κ3) is 3.39. The van der Waals surface area contributed by atoms with Crippen LogP contribution in [0.1, 0.15) is 22.8 Å². The van der Waals surface area contributed by atoms with Crippen molar-refractivity contribution in [1.82, 2.24) is 4.57 Å². The molecule has 4 nitrogen and oxygen atoms in total. The van der Waals surface area contributed by atoms with Gasteiger partial charge in [-0.15, -0.1) is 0 Å². The first-order valence-corrected chi connectivity index (χ1v) is 8.31. The Hall–Kier alpha value is -2.72. The first-order chi connectivity index (χ1) is 12.2. The summed E-state index contributed by atoms with van der Waals surface area (Å²) in [6.07, 6.45) is 3.77. The highest BCUT2D eigenvalue weighted by molar-refractivity contribution is 6.31. The van der Waals surface area contributed by atoms with Crippen molar-refractivity contribution in [2.24, 2.45) is 0 Å². The third-order valence-corrected chi connectivity index (χ3v) is 4.05. The highest BCUT2D eigenvalue weighted by atomic mass is 35.5. The Bertz CT molecular complexity index is 888. The van der Waals surface area contributed by atoms with Gasteiger partial charge in [-0.25, -0.2) is 0 Å². The highest BCUT2D eigenvalue weighted by Crippen LogP contribution is 2.34. The van der Waals surface area contributed by atoms with Crippen molar-refractivity contribution in [2.45, 2.75) is 6.92 Å². The summed E-state index contributed by atoms with van der Waals surface area (Å²) in [5, 5.41) is 0.500. The van der Waals surface area contributed by atoms with Crippen molar-refractivity contribution in [3.8, 4) is 17.2 Å². The maximum atomic E-state index is 13.3. The molecular weight excluding hydrogens is 338 g/mol. The lowest BCUT2D eigenvalue weighted by Gasteiger charge is -2.15. The molecule has 0 bridgehead atoms. The van der Waals surface area contributed by atoms with Crippen LogP contribution in [0.25, 0.3) is 5.69 Å². The summed E-state index contributed by atoms with van der Waals surface area (Å²) in [5.74, 6) is 0.793. The number of para-hydroxylation sites is 1. The van der Waals surface area contributed by atoms with E-state index in [4.69, 9.17) is 21.1 Å². The van der Waals surface area contributed by atoms with E-state index in [0.29, 0.717) is 34.3 Å². The molecule has 0 aliphatic heterocycles. The molecule has 0 aliphatic rings. The smallest absolute Gasteiger partial charge is 0.199 e. The standard InChI is InChI=1S/C20H18ClNO3/c1-3-25-20-15(7-6-8-18(20)24-2)19(23)16-13-14(21)9-10-17(16)22-11-4-5-12-22/h4-13H,3H2,1-2H3. The minimum atomic E-state index is -0.173. The number of carbonyl (C=O) groups is 1. The van der Waals surface area contributed by atoms with Crippen LogP contribution < -0.4 is 9.47 Å². The summed E-state index contributed by atoms with van der Waals surface area (Å²) in [6.45, 7) is 2.30. The van der Waals surface area contributed by atoms with Gasteiger partial charge in [-0.1, -0.05) is 17.7 Å². The number of rotatable bonds is 6. The zero-order valence-electron chi connectivity index (χ0n) is 14.0. The molecule has 0 N–H and O–H groups in total. The zero-order valence-corrected chi connectivity index (χ0v) is 14.8. The minimum absolute atomic E-state index is 0.173. The van der Waals surface area contributed by atoms with Crippen molar-refractivity contribution in [1.29, 1.82) is 0 Å². The lowest BCUT2D eigenvalue weighted by atomic mass is 10.00. The molecule has 0 saturated heterocycles. The van der Waals surface area contributed by atoms with Gasteiger partial charge in [0, 0.05) is 23.0 Å². The second-order valence-electron chi connectivity index (χ2n) is 5.35. The van der Waals surface area contributed by atoms with Gasteiger partial charge in [0.2, 0.25) is 0 Å². The van der Waals surface area contributed by atoms with Gasteiger partial charge in [0.25, 0.3) is 0 Å². The Kier molecular flexibility index (Phi) is 5.10. The molecule has 1 aromatic heterocycles. The highest BCUT2D eigenvalue weighted by Gasteiger charge is 2.21. The first kappa shape index (κ1) is 17.1. The van der Waals surface area contributed by atoms with E-state index in [1.807, 2.05) is 42.1 Å². The normalized spacial score (nSPS) is 10.5. The molecule has 25 heavy (non-hydrogen) atoms. The van der Waals surface area contributed by atoms with Crippen molar-refractivity contribution in [2.75, 3.05) is 13.7 Å². The second kappa shape index (κ2) is 7.45. The summed E-state index contributed by atoms with van der Waals surface area (Å²) in [6, 6.07) is 14.4. The maximum absolute atomic E-state index is 13.3. The van der Waals surface area contributed by atoms with Gasteiger partial charge in [0.1, 0.15) is 0 Å². The van der Waals surface area contributed by atoms with Gasteiger partial charge in [-0.05, 0) is 49.4 Å². The Morgan fingerprint density at radius 3 is 2.52 bits per heavy atom.